The minimum atomic E-state index is -0.683. The van der Waals surface area contributed by atoms with Crippen molar-refractivity contribution in [1.82, 2.24) is 15.4 Å². The average Bonchev–Trinajstić information content (AvgIpc) is 3.04. The predicted molar refractivity (Wildman–Crippen MR) is 83.7 cm³/mol. The number of amides is 1. The normalized spacial score (nSPS) is 10.3. The van der Waals surface area contributed by atoms with Crippen molar-refractivity contribution < 1.29 is 14.4 Å². The Bertz CT molecular complexity index is 815. The first kappa shape index (κ1) is 15.0. The zero-order chi connectivity index (χ0) is 16.2. The Balaban J connectivity index is 1.74. The van der Waals surface area contributed by atoms with Crippen LogP contribution in [0.5, 0.6) is 0 Å². The van der Waals surface area contributed by atoms with Gasteiger partial charge in [0.25, 0.3) is 11.9 Å². The maximum absolute atomic E-state index is 11.2. The number of nitrogens with zero attached hydrogens (tertiary/aromatic N) is 2. The van der Waals surface area contributed by atoms with Gasteiger partial charge in [-0.1, -0.05) is 11.6 Å². The molecule has 0 aliphatic carbocycles. The lowest BCUT2D eigenvalue weighted by molar-refractivity contribution is 0.0701. The Morgan fingerprint density at radius 3 is 2.52 bits per heavy atom. The van der Waals surface area contributed by atoms with Gasteiger partial charge in [0.05, 0.1) is 18.1 Å². The van der Waals surface area contributed by atoms with Gasteiger partial charge in [0.1, 0.15) is 5.69 Å². The van der Waals surface area contributed by atoms with Crippen LogP contribution in [0, 0.1) is 0 Å². The van der Waals surface area contributed by atoms with E-state index in [9.17, 15) is 4.79 Å². The highest BCUT2D eigenvalue weighted by molar-refractivity contribution is 6.30. The zero-order valence-electron chi connectivity index (χ0n) is 11.7. The lowest BCUT2D eigenvalue weighted by atomic mass is 10.2. The number of halogens is 1. The summed E-state index contributed by atoms with van der Waals surface area (Å²) in [7, 11) is 0. The number of anilines is 2. The summed E-state index contributed by atoms with van der Waals surface area (Å²) in [4.78, 5) is 19.2. The first-order valence-corrected chi connectivity index (χ1v) is 6.93. The molecule has 0 spiro atoms. The molecule has 0 saturated heterocycles. The van der Waals surface area contributed by atoms with E-state index in [-0.39, 0.29) is 11.7 Å². The molecule has 2 aromatic heterocycles. The summed E-state index contributed by atoms with van der Waals surface area (Å²) in [6.45, 7) is 0. The maximum Gasteiger partial charge on any atom is 0.299 e. The van der Waals surface area contributed by atoms with Crippen LogP contribution in [0.1, 0.15) is 10.5 Å². The molecule has 116 valence electrons. The van der Waals surface area contributed by atoms with Gasteiger partial charge in [-0.25, -0.2) is 15.4 Å². The molecule has 7 nitrogen and oxygen atoms in total. The number of nitrogens with one attached hydrogen (secondary N) is 2. The average molecular weight is 331 g/mol. The zero-order valence-corrected chi connectivity index (χ0v) is 12.4. The third kappa shape index (κ3) is 3.47. The number of hydrogen-bond donors (Lipinski definition) is 3. The number of hydroxylamine groups is 1. The molecule has 0 saturated carbocycles. The Kier molecular flexibility index (Phi) is 4.22. The number of oxazole rings is 1. The van der Waals surface area contributed by atoms with Crippen LogP contribution in [0.15, 0.2) is 53.2 Å². The van der Waals surface area contributed by atoms with Crippen LogP contribution in [0.25, 0.3) is 11.3 Å². The SMILES string of the molecule is O=C(NO)c1ccc(Nc2ncc(-c3ccc(Cl)cc3)o2)cn1. The summed E-state index contributed by atoms with van der Waals surface area (Å²) in [5.74, 6) is -0.0916. The van der Waals surface area contributed by atoms with Crippen LogP contribution in [0.3, 0.4) is 0 Å². The highest BCUT2D eigenvalue weighted by Gasteiger charge is 2.08. The van der Waals surface area contributed by atoms with Gasteiger partial charge in [-0.3, -0.25) is 10.0 Å². The molecule has 3 rings (SSSR count). The van der Waals surface area contributed by atoms with Gasteiger partial charge in [-0.2, -0.15) is 0 Å². The smallest absolute Gasteiger partial charge is 0.299 e. The fourth-order valence-corrected chi connectivity index (χ4v) is 1.99. The van der Waals surface area contributed by atoms with Crippen molar-refractivity contribution in [2.24, 2.45) is 0 Å². The maximum atomic E-state index is 11.2. The second kappa shape index (κ2) is 6.47. The number of aromatic nitrogens is 2. The molecule has 23 heavy (non-hydrogen) atoms. The van der Waals surface area contributed by atoms with Crippen molar-refractivity contribution in [2.75, 3.05) is 5.32 Å². The summed E-state index contributed by atoms with van der Waals surface area (Å²) in [6.07, 6.45) is 3.02. The monoisotopic (exact) mass is 330 g/mol. The fourth-order valence-electron chi connectivity index (χ4n) is 1.86. The van der Waals surface area contributed by atoms with Gasteiger partial charge in [0, 0.05) is 10.6 Å². The molecule has 0 radical (unpaired) electrons. The van der Waals surface area contributed by atoms with Crippen LogP contribution >= 0.6 is 11.6 Å². The molecule has 0 aliphatic rings. The summed E-state index contributed by atoms with van der Waals surface area (Å²) in [5.41, 5.74) is 3.04. The highest BCUT2D eigenvalue weighted by atomic mass is 35.5. The quantitative estimate of drug-likeness (QED) is 0.501. The van der Waals surface area contributed by atoms with Crippen molar-refractivity contribution >= 4 is 29.2 Å². The van der Waals surface area contributed by atoms with Crippen molar-refractivity contribution in [1.29, 1.82) is 0 Å². The number of benzene rings is 1. The van der Waals surface area contributed by atoms with Gasteiger partial charge in [-0.05, 0) is 36.4 Å². The van der Waals surface area contributed by atoms with Crippen LogP contribution in [-0.4, -0.2) is 21.1 Å². The minimum absolute atomic E-state index is 0.0901. The molecule has 1 aromatic carbocycles. The molecular formula is C15H11ClN4O3. The largest absolute Gasteiger partial charge is 0.423 e. The summed E-state index contributed by atoms with van der Waals surface area (Å²) >= 11 is 5.85. The van der Waals surface area contributed by atoms with E-state index >= 15 is 0 Å². The molecule has 1 amide bonds. The first-order chi connectivity index (χ1) is 11.2. The van der Waals surface area contributed by atoms with E-state index in [1.54, 1.807) is 24.4 Å². The molecule has 3 aromatic rings. The van der Waals surface area contributed by atoms with Crippen LogP contribution in [0.4, 0.5) is 11.7 Å². The second-order valence-electron chi connectivity index (χ2n) is 4.53. The van der Waals surface area contributed by atoms with E-state index in [1.165, 1.54) is 17.7 Å². The van der Waals surface area contributed by atoms with Gasteiger partial charge in [0.2, 0.25) is 0 Å². The fraction of sp³-hybridized carbons (Fsp3) is 0. The Morgan fingerprint density at radius 2 is 1.87 bits per heavy atom. The number of carbonyl (C=O) groups is 1. The molecule has 0 fully saturated rings. The second-order valence-corrected chi connectivity index (χ2v) is 4.97. The summed E-state index contributed by atoms with van der Waals surface area (Å²) in [6, 6.07) is 10.5. The molecule has 0 unspecified atom stereocenters. The lowest BCUT2D eigenvalue weighted by Crippen LogP contribution is -2.19. The number of rotatable bonds is 4. The van der Waals surface area contributed by atoms with Crippen molar-refractivity contribution in [3.8, 4) is 11.3 Å². The Morgan fingerprint density at radius 1 is 1.09 bits per heavy atom. The Labute approximate surface area is 135 Å². The Hall–Kier alpha value is -2.90. The third-order valence-electron chi connectivity index (χ3n) is 2.98. The van der Waals surface area contributed by atoms with E-state index < -0.39 is 5.91 Å². The first-order valence-electron chi connectivity index (χ1n) is 6.55. The minimum Gasteiger partial charge on any atom is -0.423 e. The molecular weight excluding hydrogens is 320 g/mol. The lowest BCUT2D eigenvalue weighted by Gasteiger charge is -2.02. The highest BCUT2D eigenvalue weighted by Crippen LogP contribution is 2.25. The number of carbonyl (C=O) groups excluding carboxylic acids is 1. The van der Waals surface area contributed by atoms with E-state index in [0.29, 0.717) is 16.5 Å². The van der Waals surface area contributed by atoms with Gasteiger partial charge < -0.3 is 9.73 Å². The van der Waals surface area contributed by atoms with E-state index in [0.717, 1.165) is 5.56 Å². The van der Waals surface area contributed by atoms with Crippen molar-refractivity contribution in [3.63, 3.8) is 0 Å². The molecule has 0 bridgehead atoms. The summed E-state index contributed by atoms with van der Waals surface area (Å²) in [5, 5.41) is 12.1. The van der Waals surface area contributed by atoms with Crippen molar-refractivity contribution in [2.45, 2.75) is 0 Å². The molecule has 2 heterocycles. The molecule has 0 atom stereocenters. The summed E-state index contributed by atoms with van der Waals surface area (Å²) < 4.78 is 5.60. The molecule has 8 heteroatoms. The van der Waals surface area contributed by atoms with Crippen LogP contribution in [-0.2, 0) is 0 Å². The van der Waals surface area contributed by atoms with Crippen molar-refractivity contribution in [3.05, 3.63) is 59.5 Å². The van der Waals surface area contributed by atoms with Gasteiger partial charge in [-0.15, -0.1) is 0 Å². The molecule has 0 aliphatic heterocycles. The molecule has 3 N–H and O–H groups in total. The predicted octanol–water partition coefficient (Wildman–Crippen LogP) is 3.25. The van der Waals surface area contributed by atoms with Crippen LogP contribution in [0.2, 0.25) is 5.02 Å². The third-order valence-corrected chi connectivity index (χ3v) is 3.24. The van der Waals surface area contributed by atoms with E-state index in [2.05, 4.69) is 15.3 Å². The van der Waals surface area contributed by atoms with Crippen LogP contribution < -0.4 is 10.8 Å². The van der Waals surface area contributed by atoms with Gasteiger partial charge >= 0.3 is 0 Å². The van der Waals surface area contributed by atoms with Gasteiger partial charge in [0.15, 0.2) is 5.76 Å². The van der Waals surface area contributed by atoms with E-state index in [1.807, 2.05) is 12.1 Å². The standard InChI is InChI=1S/C15H11ClN4O3/c16-10-3-1-9(2-4-10)13-8-18-15(23-13)19-11-5-6-12(17-7-11)14(21)20-22/h1-8,22H,(H,18,19)(H,20,21). The van der Waals surface area contributed by atoms with E-state index in [4.69, 9.17) is 21.2 Å². The number of pyridine rings is 1. The number of hydrogen-bond acceptors (Lipinski definition) is 6. The topological polar surface area (TPSA) is 100 Å².